The molecule has 26 heavy (non-hydrogen) atoms. The van der Waals surface area contributed by atoms with Crippen LogP contribution in [0, 0.1) is 0 Å². The largest absolute Gasteiger partial charge is 0.434 e. The molecule has 0 radical (unpaired) electrons. The van der Waals surface area contributed by atoms with Gasteiger partial charge in [0.15, 0.2) is 0 Å². The first-order valence-corrected chi connectivity index (χ1v) is 8.54. The minimum atomic E-state index is -0.561. The molecular formula is C18H18N4O4. The minimum Gasteiger partial charge on any atom is -0.392 e. The Morgan fingerprint density at radius 2 is 2.00 bits per heavy atom. The number of nitrogens with one attached hydrogen (secondary N) is 2. The molecule has 1 fully saturated rings. The second-order valence-electron chi connectivity index (χ2n) is 6.49. The zero-order valence-corrected chi connectivity index (χ0v) is 14.0. The number of H-pyrrole nitrogens is 2. The van der Waals surface area contributed by atoms with Gasteiger partial charge < -0.3 is 14.3 Å². The molecule has 2 aromatic heterocycles. The van der Waals surface area contributed by atoms with E-state index in [1.165, 1.54) is 0 Å². The monoisotopic (exact) mass is 354 g/mol. The van der Waals surface area contributed by atoms with Crippen LogP contribution in [0.5, 0.6) is 0 Å². The summed E-state index contributed by atoms with van der Waals surface area (Å²) in [5, 5.41) is 7.03. The van der Waals surface area contributed by atoms with Gasteiger partial charge in [0, 0.05) is 30.1 Å². The Bertz CT molecular complexity index is 1060. The zero-order chi connectivity index (χ0) is 18.1. The van der Waals surface area contributed by atoms with Crippen LogP contribution in [0.4, 0.5) is 0 Å². The third kappa shape index (κ3) is 3.17. The van der Waals surface area contributed by atoms with Crippen molar-refractivity contribution in [3.05, 3.63) is 62.7 Å². The molecule has 1 aliphatic rings. The Labute approximate surface area is 147 Å². The summed E-state index contributed by atoms with van der Waals surface area (Å²) >= 11 is 0. The van der Waals surface area contributed by atoms with E-state index in [-0.39, 0.29) is 23.8 Å². The van der Waals surface area contributed by atoms with Crippen molar-refractivity contribution in [3.63, 3.8) is 0 Å². The van der Waals surface area contributed by atoms with E-state index >= 15 is 0 Å². The molecule has 0 atom stereocenters. The number of benzene rings is 1. The summed E-state index contributed by atoms with van der Waals surface area (Å²) in [6.45, 7) is 1.09. The molecule has 3 heterocycles. The van der Waals surface area contributed by atoms with Gasteiger partial charge in [0.1, 0.15) is 0 Å². The van der Waals surface area contributed by atoms with Crippen LogP contribution in [-0.2, 0) is 11.2 Å². The lowest BCUT2D eigenvalue weighted by Gasteiger charge is -2.30. The van der Waals surface area contributed by atoms with Crippen LogP contribution in [0.15, 0.2) is 44.3 Å². The summed E-state index contributed by atoms with van der Waals surface area (Å²) in [7, 11) is 0. The lowest BCUT2D eigenvalue weighted by Crippen LogP contribution is -2.39. The van der Waals surface area contributed by atoms with Crippen LogP contribution >= 0.6 is 0 Å². The fourth-order valence-electron chi connectivity index (χ4n) is 3.39. The number of hydrogen-bond donors (Lipinski definition) is 2. The number of rotatable bonds is 3. The number of para-hydroxylation sites is 1. The summed E-state index contributed by atoms with van der Waals surface area (Å²) in [5.41, 5.74) is 0.995. The molecule has 4 rings (SSSR count). The second-order valence-corrected chi connectivity index (χ2v) is 6.49. The Kier molecular flexibility index (Phi) is 4.16. The summed E-state index contributed by atoms with van der Waals surface area (Å²) < 4.78 is 5.00. The highest BCUT2D eigenvalue weighted by Crippen LogP contribution is 2.26. The van der Waals surface area contributed by atoms with Gasteiger partial charge in [-0.15, -0.1) is 5.10 Å². The van der Waals surface area contributed by atoms with Gasteiger partial charge >= 0.3 is 5.76 Å². The Morgan fingerprint density at radius 1 is 1.23 bits per heavy atom. The van der Waals surface area contributed by atoms with Crippen molar-refractivity contribution < 1.29 is 9.21 Å². The van der Waals surface area contributed by atoms with Gasteiger partial charge in [0.05, 0.1) is 6.42 Å². The molecule has 0 aliphatic carbocycles. The Hall–Kier alpha value is -3.16. The van der Waals surface area contributed by atoms with Gasteiger partial charge in [-0.05, 0) is 30.4 Å². The number of carbonyl (C=O) groups excluding carboxylic acids is 1. The number of piperidine rings is 1. The first-order valence-electron chi connectivity index (χ1n) is 8.54. The molecule has 1 aromatic carbocycles. The average molecular weight is 354 g/mol. The predicted molar refractivity (Wildman–Crippen MR) is 94.0 cm³/mol. The molecule has 8 nitrogen and oxygen atoms in total. The van der Waals surface area contributed by atoms with Crippen molar-refractivity contribution >= 4 is 16.8 Å². The fraction of sp³-hybridized carbons (Fsp3) is 0.333. The summed E-state index contributed by atoms with van der Waals surface area (Å²) in [5.74, 6) is -0.211. The van der Waals surface area contributed by atoms with Crippen molar-refractivity contribution in [2.45, 2.75) is 25.2 Å². The maximum Gasteiger partial charge on any atom is 0.434 e. The van der Waals surface area contributed by atoms with Crippen LogP contribution in [-0.4, -0.2) is 39.1 Å². The number of pyridine rings is 1. The maximum absolute atomic E-state index is 12.6. The van der Waals surface area contributed by atoms with E-state index < -0.39 is 5.76 Å². The number of fused-ring (bicyclic) bond motifs is 1. The van der Waals surface area contributed by atoms with Crippen molar-refractivity contribution in [1.82, 2.24) is 20.1 Å². The third-order valence-corrected chi connectivity index (χ3v) is 4.82. The van der Waals surface area contributed by atoms with Crippen molar-refractivity contribution in [2.24, 2.45) is 0 Å². The Morgan fingerprint density at radius 3 is 2.73 bits per heavy atom. The van der Waals surface area contributed by atoms with Gasteiger partial charge in [-0.1, -0.05) is 18.2 Å². The average Bonchev–Trinajstić information content (AvgIpc) is 3.09. The SMILES string of the molecule is O=C(Cc1cc2ccccc2[nH]c1=O)N1CCC(c2n[nH]c(=O)o2)CC1. The quantitative estimate of drug-likeness (QED) is 0.733. The van der Waals surface area contributed by atoms with E-state index in [1.54, 1.807) is 11.0 Å². The van der Waals surface area contributed by atoms with E-state index in [0.717, 1.165) is 10.9 Å². The van der Waals surface area contributed by atoms with Crippen LogP contribution in [0.2, 0.25) is 0 Å². The summed E-state index contributed by atoms with van der Waals surface area (Å²) in [4.78, 5) is 40.4. The van der Waals surface area contributed by atoms with Crippen molar-refractivity contribution in [1.29, 1.82) is 0 Å². The number of aromatic amines is 2. The smallest absolute Gasteiger partial charge is 0.392 e. The molecular weight excluding hydrogens is 336 g/mol. The lowest BCUT2D eigenvalue weighted by atomic mass is 9.96. The van der Waals surface area contributed by atoms with Gasteiger partial charge in [-0.25, -0.2) is 9.89 Å². The molecule has 8 heteroatoms. The third-order valence-electron chi connectivity index (χ3n) is 4.82. The van der Waals surface area contributed by atoms with Crippen LogP contribution < -0.4 is 11.3 Å². The van der Waals surface area contributed by atoms with Crippen LogP contribution in [0.3, 0.4) is 0 Å². The molecule has 3 aromatic rings. The first kappa shape index (κ1) is 16.3. The number of aromatic nitrogens is 3. The van der Waals surface area contributed by atoms with E-state index in [2.05, 4.69) is 15.2 Å². The van der Waals surface area contributed by atoms with Gasteiger partial charge in [0.2, 0.25) is 11.8 Å². The number of likely N-dealkylation sites (tertiary alicyclic amines) is 1. The van der Waals surface area contributed by atoms with Crippen LogP contribution in [0.25, 0.3) is 10.9 Å². The summed E-state index contributed by atoms with van der Waals surface area (Å²) in [6, 6.07) is 9.26. The van der Waals surface area contributed by atoms with Crippen LogP contribution in [0.1, 0.15) is 30.2 Å². The number of carbonyl (C=O) groups is 1. The second kappa shape index (κ2) is 6.62. The maximum atomic E-state index is 12.6. The van der Waals surface area contributed by atoms with Crippen molar-refractivity contribution in [2.75, 3.05) is 13.1 Å². The molecule has 0 saturated carbocycles. The molecule has 134 valence electrons. The number of amides is 1. The predicted octanol–water partition coefficient (Wildman–Crippen LogP) is 1.15. The fourth-order valence-corrected chi connectivity index (χ4v) is 3.39. The van der Waals surface area contributed by atoms with Gasteiger partial charge in [0.25, 0.3) is 5.56 Å². The highest BCUT2D eigenvalue weighted by atomic mass is 16.4. The molecule has 2 N–H and O–H groups in total. The summed E-state index contributed by atoms with van der Waals surface area (Å²) in [6.07, 6.45) is 1.42. The van der Waals surface area contributed by atoms with Gasteiger partial charge in [-0.2, -0.15) is 0 Å². The molecule has 0 unspecified atom stereocenters. The highest BCUT2D eigenvalue weighted by Gasteiger charge is 2.27. The van der Waals surface area contributed by atoms with E-state index in [0.29, 0.717) is 37.4 Å². The standard InChI is InChI=1S/C18H18N4O4/c23-15(10-13-9-12-3-1-2-4-14(12)19-16(13)24)22-7-5-11(6-8-22)17-20-21-18(25)26-17/h1-4,9,11H,5-8,10H2,(H,19,24)(H,21,25). The highest BCUT2D eigenvalue weighted by molar-refractivity contribution is 5.82. The molecule has 1 amide bonds. The van der Waals surface area contributed by atoms with Crippen molar-refractivity contribution in [3.8, 4) is 0 Å². The molecule has 0 bridgehead atoms. The molecule has 1 aliphatic heterocycles. The first-order chi connectivity index (χ1) is 12.6. The minimum absolute atomic E-state index is 0.0297. The molecule has 0 spiro atoms. The van der Waals surface area contributed by atoms with E-state index in [1.807, 2.05) is 24.3 Å². The topological polar surface area (TPSA) is 112 Å². The van der Waals surface area contributed by atoms with E-state index in [4.69, 9.17) is 4.42 Å². The number of nitrogens with zero attached hydrogens (tertiary/aromatic N) is 2. The van der Waals surface area contributed by atoms with Gasteiger partial charge in [-0.3, -0.25) is 9.59 Å². The Balaban J connectivity index is 1.44. The van der Waals surface area contributed by atoms with E-state index in [9.17, 15) is 14.4 Å². The zero-order valence-electron chi connectivity index (χ0n) is 14.0. The normalized spacial score (nSPS) is 15.5. The number of hydrogen-bond acceptors (Lipinski definition) is 5. The molecule has 1 saturated heterocycles. The lowest BCUT2D eigenvalue weighted by molar-refractivity contribution is -0.131.